The molecule has 1 fully saturated rings. The highest BCUT2D eigenvalue weighted by molar-refractivity contribution is 5.79. The number of aromatic nitrogens is 2. The van der Waals surface area contributed by atoms with Crippen molar-refractivity contribution in [3.05, 3.63) is 18.0 Å². The second-order valence-corrected chi connectivity index (χ2v) is 5.15. The minimum atomic E-state index is 0.334. The monoisotopic (exact) mass is 279 g/mol. The van der Waals surface area contributed by atoms with E-state index < -0.39 is 0 Å². The maximum absolute atomic E-state index is 5.58. The second-order valence-electron chi connectivity index (χ2n) is 5.15. The SMILES string of the molecule is CN=C(NCCCn1cc(C)cn1)NCC1CCCO1. The lowest BCUT2D eigenvalue weighted by Crippen LogP contribution is -2.41. The van der Waals surface area contributed by atoms with Crippen molar-refractivity contribution < 1.29 is 4.74 Å². The van der Waals surface area contributed by atoms with E-state index in [1.165, 1.54) is 12.0 Å². The van der Waals surface area contributed by atoms with Crippen molar-refractivity contribution in [2.45, 2.75) is 38.8 Å². The number of hydrogen-bond donors (Lipinski definition) is 2. The van der Waals surface area contributed by atoms with Crippen LogP contribution in [-0.2, 0) is 11.3 Å². The van der Waals surface area contributed by atoms with Crippen LogP contribution in [-0.4, -0.2) is 48.6 Å². The molecule has 1 saturated heterocycles. The molecule has 1 unspecified atom stereocenters. The smallest absolute Gasteiger partial charge is 0.191 e. The molecule has 0 spiro atoms. The van der Waals surface area contributed by atoms with Crippen LogP contribution in [0.5, 0.6) is 0 Å². The van der Waals surface area contributed by atoms with Crippen LogP contribution in [0, 0.1) is 6.92 Å². The van der Waals surface area contributed by atoms with E-state index >= 15 is 0 Å². The van der Waals surface area contributed by atoms with E-state index in [2.05, 4.69) is 33.8 Å². The Hall–Kier alpha value is -1.56. The van der Waals surface area contributed by atoms with Gasteiger partial charge in [0, 0.05) is 39.5 Å². The number of rotatable bonds is 6. The van der Waals surface area contributed by atoms with Gasteiger partial charge >= 0.3 is 0 Å². The molecule has 2 rings (SSSR count). The van der Waals surface area contributed by atoms with Crippen LogP contribution in [0.25, 0.3) is 0 Å². The average Bonchev–Trinajstić information content (AvgIpc) is 3.09. The van der Waals surface area contributed by atoms with Gasteiger partial charge in [0.2, 0.25) is 0 Å². The lowest BCUT2D eigenvalue weighted by Gasteiger charge is -2.15. The Bertz CT molecular complexity index is 423. The van der Waals surface area contributed by atoms with Crippen LogP contribution >= 0.6 is 0 Å². The lowest BCUT2D eigenvalue weighted by atomic mass is 10.2. The molecular weight excluding hydrogens is 254 g/mol. The van der Waals surface area contributed by atoms with Gasteiger partial charge in [0.1, 0.15) is 0 Å². The van der Waals surface area contributed by atoms with Crippen molar-refractivity contribution in [3.63, 3.8) is 0 Å². The van der Waals surface area contributed by atoms with Gasteiger partial charge < -0.3 is 15.4 Å². The first-order valence-electron chi connectivity index (χ1n) is 7.33. The lowest BCUT2D eigenvalue weighted by molar-refractivity contribution is 0.114. The van der Waals surface area contributed by atoms with Crippen molar-refractivity contribution in [3.8, 4) is 0 Å². The summed E-state index contributed by atoms with van der Waals surface area (Å²) in [6, 6.07) is 0. The van der Waals surface area contributed by atoms with E-state index in [1.54, 1.807) is 7.05 Å². The van der Waals surface area contributed by atoms with Crippen molar-refractivity contribution in [1.82, 2.24) is 20.4 Å². The largest absolute Gasteiger partial charge is 0.376 e. The van der Waals surface area contributed by atoms with Gasteiger partial charge in [-0.25, -0.2) is 0 Å². The van der Waals surface area contributed by atoms with Gasteiger partial charge in [-0.15, -0.1) is 0 Å². The molecule has 1 aliphatic heterocycles. The Kier molecular flexibility index (Phi) is 5.86. The van der Waals surface area contributed by atoms with Crippen LogP contribution in [0.4, 0.5) is 0 Å². The molecule has 0 saturated carbocycles. The van der Waals surface area contributed by atoms with Gasteiger partial charge in [-0.2, -0.15) is 5.10 Å². The van der Waals surface area contributed by atoms with Crippen molar-refractivity contribution in [1.29, 1.82) is 0 Å². The van der Waals surface area contributed by atoms with Gasteiger partial charge in [-0.05, 0) is 31.7 Å². The molecule has 6 heteroatoms. The molecule has 1 aromatic rings. The highest BCUT2D eigenvalue weighted by Crippen LogP contribution is 2.10. The summed E-state index contributed by atoms with van der Waals surface area (Å²) in [6.45, 7) is 5.58. The quantitative estimate of drug-likeness (QED) is 0.462. The maximum Gasteiger partial charge on any atom is 0.191 e. The summed E-state index contributed by atoms with van der Waals surface area (Å²) in [7, 11) is 1.79. The topological polar surface area (TPSA) is 63.5 Å². The van der Waals surface area contributed by atoms with Crippen LogP contribution in [0.3, 0.4) is 0 Å². The normalized spacial score (nSPS) is 19.3. The van der Waals surface area contributed by atoms with E-state index in [0.717, 1.165) is 45.0 Å². The molecule has 0 radical (unpaired) electrons. The molecule has 0 bridgehead atoms. The summed E-state index contributed by atoms with van der Waals surface area (Å²) in [5, 5.41) is 10.9. The number of aliphatic imine (C=N–C) groups is 1. The summed E-state index contributed by atoms with van der Waals surface area (Å²) in [5.41, 5.74) is 1.20. The number of guanidine groups is 1. The number of nitrogens with zero attached hydrogens (tertiary/aromatic N) is 3. The molecule has 1 atom stereocenters. The fraction of sp³-hybridized carbons (Fsp3) is 0.714. The minimum Gasteiger partial charge on any atom is -0.376 e. The van der Waals surface area contributed by atoms with Crippen molar-refractivity contribution >= 4 is 5.96 Å². The predicted molar refractivity (Wildman–Crippen MR) is 79.9 cm³/mol. The Morgan fingerprint density at radius 3 is 3.10 bits per heavy atom. The highest BCUT2D eigenvalue weighted by Gasteiger charge is 2.15. The predicted octanol–water partition coefficient (Wildman–Crippen LogP) is 0.926. The maximum atomic E-state index is 5.58. The Labute approximate surface area is 120 Å². The van der Waals surface area contributed by atoms with Crippen LogP contribution in [0.2, 0.25) is 0 Å². The molecule has 1 aromatic heterocycles. The third-order valence-electron chi connectivity index (χ3n) is 3.36. The van der Waals surface area contributed by atoms with E-state index in [0.29, 0.717) is 6.10 Å². The standard InChI is InChI=1S/C14H25N5O/c1-12-9-18-19(11-12)7-4-6-16-14(15-2)17-10-13-5-3-8-20-13/h9,11,13H,3-8,10H2,1-2H3,(H2,15,16,17). The number of nitrogens with one attached hydrogen (secondary N) is 2. The fourth-order valence-electron chi connectivity index (χ4n) is 2.27. The molecule has 6 nitrogen and oxygen atoms in total. The molecule has 0 aliphatic carbocycles. The minimum absolute atomic E-state index is 0.334. The first-order chi connectivity index (χ1) is 9.78. The first-order valence-corrected chi connectivity index (χ1v) is 7.33. The zero-order chi connectivity index (χ0) is 14.2. The Morgan fingerprint density at radius 1 is 1.55 bits per heavy atom. The van der Waals surface area contributed by atoms with Gasteiger partial charge in [0.05, 0.1) is 12.3 Å². The molecule has 20 heavy (non-hydrogen) atoms. The van der Waals surface area contributed by atoms with Crippen LogP contribution < -0.4 is 10.6 Å². The Balaban J connectivity index is 1.58. The molecule has 0 amide bonds. The zero-order valence-corrected chi connectivity index (χ0v) is 12.4. The van der Waals surface area contributed by atoms with E-state index in [9.17, 15) is 0 Å². The van der Waals surface area contributed by atoms with Crippen LogP contribution in [0.15, 0.2) is 17.4 Å². The zero-order valence-electron chi connectivity index (χ0n) is 12.4. The highest BCUT2D eigenvalue weighted by atomic mass is 16.5. The number of hydrogen-bond acceptors (Lipinski definition) is 3. The molecule has 1 aliphatic rings. The van der Waals surface area contributed by atoms with Gasteiger partial charge in [-0.1, -0.05) is 0 Å². The van der Waals surface area contributed by atoms with Gasteiger partial charge in [0.15, 0.2) is 5.96 Å². The summed E-state index contributed by atoms with van der Waals surface area (Å²) >= 11 is 0. The molecule has 2 N–H and O–H groups in total. The Morgan fingerprint density at radius 2 is 2.45 bits per heavy atom. The average molecular weight is 279 g/mol. The van der Waals surface area contributed by atoms with Crippen molar-refractivity contribution in [2.75, 3.05) is 26.7 Å². The van der Waals surface area contributed by atoms with Gasteiger partial charge in [-0.3, -0.25) is 9.67 Å². The fourth-order valence-corrected chi connectivity index (χ4v) is 2.27. The summed E-state index contributed by atoms with van der Waals surface area (Å²) in [4.78, 5) is 4.21. The van der Waals surface area contributed by atoms with Crippen LogP contribution in [0.1, 0.15) is 24.8 Å². The van der Waals surface area contributed by atoms with E-state index in [-0.39, 0.29) is 0 Å². The second kappa shape index (κ2) is 7.89. The third-order valence-corrected chi connectivity index (χ3v) is 3.36. The molecule has 2 heterocycles. The molecule has 112 valence electrons. The van der Waals surface area contributed by atoms with E-state index in [4.69, 9.17) is 4.74 Å². The number of ether oxygens (including phenoxy) is 1. The summed E-state index contributed by atoms with van der Waals surface area (Å²) < 4.78 is 7.55. The summed E-state index contributed by atoms with van der Waals surface area (Å²) in [6.07, 6.45) is 7.60. The number of aryl methyl sites for hydroxylation is 2. The van der Waals surface area contributed by atoms with Crippen molar-refractivity contribution in [2.24, 2.45) is 4.99 Å². The van der Waals surface area contributed by atoms with Gasteiger partial charge in [0.25, 0.3) is 0 Å². The molecule has 0 aromatic carbocycles. The first kappa shape index (κ1) is 14.8. The summed E-state index contributed by atoms with van der Waals surface area (Å²) in [5.74, 6) is 0.845. The molecular formula is C14H25N5O. The van der Waals surface area contributed by atoms with E-state index in [1.807, 2.05) is 10.9 Å². The third kappa shape index (κ3) is 4.85.